The molecule has 0 radical (unpaired) electrons. The summed E-state index contributed by atoms with van der Waals surface area (Å²) in [6.07, 6.45) is 3.03. The molecule has 0 fully saturated rings. The zero-order chi connectivity index (χ0) is 14.1. The number of nitrogens with two attached hydrogens (primary N) is 1. The van der Waals surface area contributed by atoms with Gasteiger partial charge in [-0.2, -0.15) is 10.4 Å². The third-order valence-corrected chi connectivity index (χ3v) is 3.46. The van der Waals surface area contributed by atoms with Gasteiger partial charge in [0.05, 0.1) is 18.8 Å². The van der Waals surface area contributed by atoms with Crippen LogP contribution in [-0.2, 0) is 0 Å². The van der Waals surface area contributed by atoms with E-state index in [-0.39, 0.29) is 11.9 Å². The van der Waals surface area contributed by atoms with E-state index in [1.54, 1.807) is 10.7 Å². The lowest BCUT2D eigenvalue weighted by atomic mass is 10.0. The lowest BCUT2D eigenvalue weighted by molar-refractivity contribution is 0.313. The van der Waals surface area contributed by atoms with E-state index in [0.717, 1.165) is 18.4 Å². The molecule has 102 valence electrons. The lowest BCUT2D eigenvalue weighted by Crippen LogP contribution is -2.14. The van der Waals surface area contributed by atoms with E-state index >= 15 is 0 Å². The molecule has 0 bridgehead atoms. The maximum absolute atomic E-state index is 13.3. The fourth-order valence-electron chi connectivity index (χ4n) is 2.48. The quantitative estimate of drug-likeness (QED) is 0.863. The molecule has 1 aromatic heterocycles. The number of benzene rings is 1. The fourth-order valence-corrected chi connectivity index (χ4v) is 2.48. The second-order valence-electron chi connectivity index (χ2n) is 4.69. The summed E-state index contributed by atoms with van der Waals surface area (Å²) in [5.41, 5.74) is 7.13. The Kier molecular flexibility index (Phi) is 3.03. The van der Waals surface area contributed by atoms with Crippen LogP contribution in [0, 0.1) is 17.1 Å². The highest BCUT2D eigenvalue weighted by atomic mass is 19.1. The molecule has 0 aliphatic carbocycles. The summed E-state index contributed by atoms with van der Waals surface area (Å²) in [4.78, 5) is 0. The molecule has 1 aliphatic heterocycles. The van der Waals surface area contributed by atoms with Crippen molar-refractivity contribution in [2.24, 2.45) is 0 Å². The second-order valence-corrected chi connectivity index (χ2v) is 4.69. The molecule has 2 heterocycles. The SMILES string of the molecule is N#Cc1cnn(C2CCCOc3cc(F)ccc32)c1N. The summed E-state index contributed by atoms with van der Waals surface area (Å²) < 4.78 is 20.5. The number of halogens is 1. The number of hydrogen-bond donors (Lipinski definition) is 1. The van der Waals surface area contributed by atoms with Crippen molar-refractivity contribution in [2.45, 2.75) is 18.9 Å². The highest BCUT2D eigenvalue weighted by Crippen LogP contribution is 2.35. The molecule has 2 N–H and O–H groups in total. The zero-order valence-corrected chi connectivity index (χ0v) is 10.7. The van der Waals surface area contributed by atoms with Crippen LogP contribution in [0.3, 0.4) is 0 Å². The molecule has 2 aromatic rings. The number of hydrogen-bond acceptors (Lipinski definition) is 4. The maximum Gasteiger partial charge on any atom is 0.140 e. The third kappa shape index (κ3) is 1.97. The number of nitrogens with zero attached hydrogens (tertiary/aromatic N) is 3. The largest absolute Gasteiger partial charge is 0.493 e. The van der Waals surface area contributed by atoms with Crippen molar-refractivity contribution in [1.82, 2.24) is 9.78 Å². The number of rotatable bonds is 1. The molecule has 20 heavy (non-hydrogen) atoms. The van der Waals surface area contributed by atoms with E-state index in [0.29, 0.717) is 23.7 Å². The van der Waals surface area contributed by atoms with Crippen LogP contribution in [0.1, 0.15) is 30.0 Å². The number of fused-ring (bicyclic) bond motifs is 1. The highest BCUT2D eigenvalue weighted by molar-refractivity contribution is 5.49. The summed E-state index contributed by atoms with van der Waals surface area (Å²) in [5.74, 6) is 0.506. The van der Waals surface area contributed by atoms with Gasteiger partial charge in [0, 0.05) is 11.6 Å². The van der Waals surface area contributed by atoms with E-state index in [1.165, 1.54) is 18.3 Å². The molecule has 0 saturated carbocycles. The number of nitriles is 1. The number of nitrogen functional groups attached to an aromatic ring is 1. The molecule has 0 spiro atoms. The second kappa shape index (κ2) is 4.85. The van der Waals surface area contributed by atoms with Crippen LogP contribution in [-0.4, -0.2) is 16.4 Å². The zero-order valence-electron chi connectivity index (χ0n) is 10.7. The normalized spacial score (nSPS) is 17.7. The number of anilines is 1. The molecule has 1 unspecified atom stereocenters. The Morgan fingerprint density at radius 2 is 2.35 bits per heavy atom. The van der Waals surface area contributed by atoms with Crippen LogP contribution in [0.15, 0.2) is 24.4 Å². The summed E-state index contributed by atoms with van der Waals surface area (Å²) in [6, 6.07) is 6.32. The minimum absolute atomic E-state index is 0.143. The van der Waals surface area contributed by atoms with Crippen LogP contribution in [0.25, 0.3) is 0 Å². The van der Waals surface area contributed by atoms with Gasteiger partial charge in [0.2, 0.25) is 0 Å². The average Bonchev–Trinajstić information content (AvgIpc) is 2.68. The molecule has 1 aliphatic rings. The van der Waals surface area contributed by atoms with Gasteiger partial charge in [0.15, 0.2) is 0 Å². The third-order valence-electron chi connectivity index (χ3n) is 3.46. The van der Waals surface area contributed by atoms with E-state index < -0.39 is 0 Å². The predicted molar refractivity (Wildman–Crippen MR) is 70.6 cm³/mol. The van der Waals surface area contributed by atoms with Crippen LogP contribution < -0.4 is 10.5 Å². The summed E-state index contributed by atoms with van der Waals surface area (Å²) in [7, 11) is 0. The average molecular weight is 272 g/mol. The van der Waals surface area contributed by atoms with Crippen LogP contribution in [0.5, 0.6) is 5.75 Å². The first-order chi connectivity index (χ1) is 9.70. The molecule has 1 aromatic carbocycles. The topological polar surface area (TPSA) is 76.9 Å². The van der Waals surface area contributed by atoms with Gasteiger partial charge in [-0.25, -0.2) is 9.07 Å². The van der Waals surface area contributed by atoms with Gasteiger partial charge < -0.3 is 10.5 Å². The van der Waals surface area contributed by atoms with Gasteiger partial charge in [-0.3, -0.25) is 0 Å². The molecular formula is C14H13FN4O. The van der Waals surface area contributed by atoms with E-state index in [2.05, 4.69) is 5.10 Å². The molecular weight excluding hydrogens is 259 g/mol. The van der Waals surface area contributed by atoms with Crippen LogP contribution >= 0.6 is 0 Å². The molecule has 3 rings (SSSR count). The fraction of sp³-hybridized carbons (Fsp3) is 0.286. The van der Waals surface area contributed by atoms with E-state index in [4.69, 9.17) is 15.7 Å². The first kappa shape index (κ1) is 12.5. The van der Waals surface area contributed by atoms with Gasteiger partial charge in [0.25, 0.3) is 0 Å². The van der Waals surface area contributed by atoms with Crippen molar-refractivity contribution >= 4 is 5.82 Å². The van der Waals surface area contributed by atoms with Crippen molar-refractivity contribution < 1.29 is 9.13 Å². The van der Waals surface area contributed by atoms with Crippen LogP contribution in [0.4, 0.5) is 10.2 Å². The molecule has 0 amide bonds. The van der Waals surface area contributed by atoms with Crippen molar-refractivity contribution in [1.29, 1.82) is 5.26 Å². The molecule has 0 saturated heterocycles. The predicted octanol–water partition coefficient (Wildman–Crippen LogP) is 2.24. The molecule has 6 heteroatoms. The Balaban J connectivity index is 2.10. The van der Waals surface area contributed by atoms with Gasteiger partial charge in [-0.05, 0) is 18.9 Å². The standard InChI is InChI=1S/C14H13FN4O/c15-10-3-4-11-12(2-1-5-20-13(11)6-10)19-14(17)9(7-16)8-18-19/h3-4,6,8,12H,1-2,5,17H2. The van der Waals surface area contributed by atoms with Gasteiger partial charge >= 0.3 is 0 Å². The number of aromatic nitrogens is 2. The minimum atomic E-state index is -0.337. The summed E-state index contributed by atoms with van der Waals surface area (Å²) >= 11 is 0. The monoisotopic (exact) mass is 272 g/mol. The Morgan fingerprint density at radius 3 is 3.10 bits per heavy atom. The number of ether oxygens (including phenoxy) is 1. The first-order valence-corrected chi connectivity index (χ1v) is 6.36. The van der Waals surface area contributed by atoms with Crippen LogP contribution in [0.2, 0.25) is 0 Å². The highest BCUT2D eigenvalue weighted by Gasteiger charge is 2.24. The van der Waals surface area contributed by atoms with Crippen molar-refractivity contribution in [2.75, 3.05) is 12.3 Å². The summed E-state index contributed by atoms with van der Waals surface area (Å²) in [6.45, 7) is 0.527. The van der Waals surface area contributed by atoms with E-state index in [1.807, 2.05) is 6.07 Å². The van der Waals surface area contributed by atoms with Gasteiger partial charge in [-0.15, -0.1) is 0 Å². The lowest BCUT2D eigenvalue weighted by Gasteiger charge is -2.18. The summed E-state index contributed by atoms with van der Waals surface area (Å²) in [5, 5.41) is 13.2. The van der Waals surface area contributed by atoms with Crippen molar-refractivity contribution in [3.63, 3.8) is 0 Å². The smallest absolute Gasteiger partial charge is 0.140 e. The Morgan fingerprint density at radius 1 is 1.50 bits per heavy atom. The Bertz CT molecular complexity index is 689. The van der Waals surface area contributed by atoms with Gasteiger partial charge in [-0.1, -0.05) is 6.07 Å². The molecule has 5 nitrogen and oxygen atoms in total. The van der Waals surface area contributed by atoms with Gasteiger partial charge in [0.1, 0.15) is 29.0 Å². The maximum atomic E-state index is 13.3. The first-order valence-electron chi connectivity index (χ1n) is 6.36. The Hall–Kier alpha value is -2.55. The van der Waals surface area contributed by atoms with Crippen molar-refractivity contribution in [3.8, 4) is 11.8 Å². The minimum Gasteiger partial charge on any atom is -0.493 e. The Labute approximate surface area is 115 Å². The molecule has 1 atom stereocenters. The van der Waals surface area contributed by atoms with Crippen molar-refractivity contribution in [3.05, 3.63) is 41.3 Å². The van der Waals surface area contributed by atoms with E-state index in [9.17, 15) is 4.39 Å².